The van der Waals surface area contributed by atoms with Crippen LogP contribution in [0.15, 0.2) is 74.0 Å². The second-order valence-corrected chi connectivity index (χ2v) is 9.23. The molecule has 6 heteroatoms. The molecule has 1 atom stereocenters. The molecule has 3 aliphatic rings. The van der Waals surface area contributed by atoms with E-state index in [0.717, 1.165) is 47.2 Å². The maximum Gasteiger partial charge on any atom is 0.0979 e. The first-order valence-electron chi connectivity index (χ1n) is 11.1. The molecule has 0 spiro atoms. The van der Waals surface area contributed by atoms with E-state index >= 15 is 0 Å². The first kappa shape index (κ1) is 22.9. The zero-order valence-electron chi connectivity index (χ0n) is 18.7. The van der Waals surface area contributed by atoms with E-state index in [4.69, 9.17) is 9.98 Å². The van der Waals surface area contributed by atoms with Gasteiger partial charge in [0.1, 0.15) is 0 Å². The Hall–Kier alpha value is -2.30. The minimum absolute atomic E-state index is 0. The summed E-state index contributed by atoms with van der Waals surface area (Å²) in [5.41, 5.74) is 5.93. The molecule has 0 bridgehead atoms. The number of hydrogen-bond acceptors (Lipinski definition) is 5. The summed E-state index contributed by atoms with van der Waals surface area (Å²) in [7, 11) is 0. The van der Waals surface area contributed by atoms with Crippen molar-refractivity contribution in [3.63, 3.8) is 0 Å². The van der Waals surface area contributed by atoms with Gasteiger partial charge in [0, 0.05) is 62.0 Å². The minimum atomic E-state index is 0. The van der Waals surface area contributed by atoms with Crippen molar-refractivity contribution in [2.24, 2.45) is 9.98 Å². The van der Waals surface area contributed by atoms with Crippen LogP contribution in [0.25, 0.3) is 6.08 Å². The van der Waals surface area contributed by atoms with Crippen LogP contribution >= 0.6 is 11.8 Å². The molecule has 1 N–H and O–H groups in total. The van der Waals surface area contributed by atoms with Crippen molar-refractivity contribution >= 4 is 29.2 Å². The molecule has 1 unspecified atom stereocenters. The summed E-state index contributed by atoms with van der Waals surface area (Å²) in [4.78, 5) is 14.9. The van der Waals surface area contributed by atoms with Crippen molar-refractivity contribution in [2.75, 3.05) is 29.9 Å². The maximum absolute atomic E-state index is 5.06. The number of thioether (sulfide) groups is 1. The summed E-state index contributed by atoms with van der Waals surface area (Å²) >= 11 is 1.84. The SMILES string of the molecule is CCN(CC)c1ccc(NC2=Cc3ccc4c(c3=NC2)=NC2CC=CC=C2S4)c(C)c1.[Ni]. The Morgan fingerprint density at radius 3 is 2.75 bits per heavy atom. The summed E-state index contributed by atoms with van der Waals surface area (Å²) in [6.07, 6.45) is 9.74. The van der Waals surface area contributed by atoms with Crippen LogP contribution in [-0.4, -0.2) is 25.7 Å². The normalized spacial score (nSPS) is 17.9. The first-order chi connectivity index (χ1) is 15.2. The van der Waals surface area contributed by atoms with E-state index in [2.05, 4.69) is 85.6 Å². The molecule has 0 saturated carbocycles. The Bertz CT molecular complexity index is 1240. The van der Waals surface area contributed by atoms with Crippen molar-refractivity contribution < 1.29 is 16.5 Å². The topological polar surface area (TPSA) is 40.0 Å². The van der Waals surface area contributed by atoms with Crippen LogP contribution < -0.4 is 20.9 Å². The molecule has 2 aromatic carbocycles. The molecular weight excluding hydrogens is 459 g/mol. The fraction of sp³-hybridized carbons (Fsp3) is 0.308. The molecule has 32 heavy (non-hydrogen) atoms. The summed E-state index contributed by atoms with van der Waals surface area (Å²) < 4.78 is 0. The molecule has 4 nitrogen and oxygen atoms in total. The number of hydrogen-bond donors (Lipinski definition) is 1. The average Bonchev–Trinajstić information content (AvgIpc) is 2.80. The van der Waals surface area contributed by atoms with Crippen molar-refractivity contribution in [1.82, 2.24) is 0 Å². The smallest absolute Gasteiger partial charge is 0.0979 e. The van der Waals surface area contributed by atoms with Gasteiger partial charge in [0.2, 0.25) is 0 Å². The summed E-state index contributed by atoms with van der Waals surface area (Å²) in [5, 5.41) is 5.72. The molecule has 2 heterocycles. The zero-order valence-corrected chi connectivity index (χ0v) is 20.5. The predicted molar refractivity (Wildman–Crippen MR) is 131 cm³/mol. The van der Waals surface area contributed by atoms with Crippen LogP contribution in [0, 0.1) is 6.92 Å². The third-order valence-corrected chi connectivity index (χ3v) is 7.31. The molecule has 2 aliphatic heterocycles. The molecule has 0 fully saturated rings. The number of anilines is 2. The number of rotatable bonds is 5. The summed E-state index contributed by atoms with van der Waals surface area (Å²) in [5.74, 6) is 0. The number of benzene rings is 2. The second kappa shape index (κ2) is 9.68. The van der Waals surface area contributed by atoms with E-state index in [9.17, 15) is 0 Å². The Morgan fingerprint density at radius 1 is 1.12 bits per heavy atom. The molecule has 1 aliphatic carbocycles. The fourth-order valence-corrected chi connectivity index (χ4v) is 5.45. The van der Waals surface area contributed by atoms with Crippen LogP contribution in [0.3, 0.4) is 0 Å². The molecular formula is C26H28N4NiS. The van der Waals surface area contributed by atoms with Gasteiger partial charge in [-0.25, -0.2) is 0 Å². The van der Waals surface area contributed by atoms with Crippen molar-refractivity contribution in [1.29, 1.82) is 0 Å². The van der Waals surface area contributed by atoms with Gasteiger partial charge >= 0.3 is 0 Å². The van der Waals surface area contributed by atoms with E-state index in [1.807, 2.05) is 11.8 Å². The van der Waals surface area contributed by atoms with Crippen LogP contribution in [0.4, 0.5) is 11.4 Å². The first-order valence-corrected chi connectivity index (χ1v) is 11.9. The van der Waals surface area contributed by atoms with Gasteiger partial charge in [0.05, 0.1) is 23.3 Å². The third-order valence-electron chi connectivity index (χ3n) is 6.11. The summed E-state index contributed by atoms with van der Waals surface area (Å²) in [6, 6.07) is 11.3. The molecule has 2 aromatic rings. The Morgan fingerprint density at radius 2 is 1.97 bits per heavy atom. The van der Waals surface area contributed by atoms with Gasteiger partial charge in [-0.3, -0.25) is 9.98 Å². The zero-order chi connectivity index (χ0) is 21.4. The van der Waals surface area contributed by atoms with E-state index in [-0.39, 0.29) is 22.5 Å². The van der Waals surface area contributed by atoms with Crippen molar-refractivity contribution in [2.45, 2.75) is 38.1 Å². The fourth-order valence-electron chi connectivity index (χ4n) is 4.38. The molecule has 0 radical (unpaired) electrons. The van der Waals surface area contributed by atoms with Gasteiger partial charge in [0.15, 0.2) is 0 Å². The molecule has 168 valence electrons. The van der Waals surface area contributed by atoms with Gasteiger partial charge in [-0.2, -0.15) is 0 Å². The van der Waals surface area contributed by atoms with Crippen LogP contribution in [0.2, 0.25) is 0 Å². The Labute approximate surface area is 204 Å². The van der Waals surface area contributed by atoms with Gasteiger partial charge in [-0.15, -0.1) is 0 Å². The number of aryl methyl sites for hydroxylation is 1. The third kappa shape index (κ3) is 4.31. The number of nitrogens with one attached hydrogen (secondary N) is 1. The second-order valence-electron chi connectivity index (χ2n) is 8.11. The molecule has 0 amide bonds. The van der Waals surface area contributed by atoms with E-state index in [1.165, 1.54) is 21.1 Å². The van der Waals surface area contributed by atoms with Crippen LogP contribution in [0.1, 0.15) is 31.4 Å². The molecule has 5 rings (SSSR count). The molecule has 0 aromatic heterocycles. The Kier molecular flexibility index (Phi) is 6.92. The number of allylic oxidation sites excluding steroid dienone is 2. The quantitative estimate of drug-likeness (QED) is 0.613. The standard InChI is InChI=1S/C26H28N4S.Ni/c1-4-30(5-2)20-11-12-21(17(3)14-20)28-19-15-18-10-13-24-26(25(18)27-16-19)29-22-8-6-7-9-23(22)31-24;/h6-7,9-15,22,28H,4-5,8,16H2,1-3H3;. The predicted octanol–water partition coefficient (Wildman–Crippen LogP) is 4.86. The van der Waals surface area contributed by atoms with Gasteiger partial charge in [-0.1, -0.05) is 36.1 Å². The largest absolute Gasteiger partial charge is 0.372 e. The number of fused-ring (bicyclic) bond motifs is 4. The van der Waals surface area contributed by atoms with Gasteiger partial charge in [-0.05, 0) is 63.1 Å². The Balaban J connectivity index is 0.00000245. The van der Waals surface area contributed by atoms with Gasteiger partial charge in [0.25, 0.3) is 0 Å². The van der Waals surface area contributed by atoms with Crippen LogP contribution in [-0.2, 0) is 16.5 Å². The van der Waals surface area contributed by atoms with E-state index in [1.54, 1.807) is 0 Å². The monoisotopic (exact) mass is 486 g/mol. The van der Waals surface area contributed by atoms with E-state index in [0.29, 0.717) is 6.54 Å². The van der Waals surface area contributed by atoms with Crippen molar-refractivity contribution in [3.8, 4) is 0 Å². The van der Waals surface area contributed by atoms with Gasteiger partial charge < -0.3 is 10.2 Å². The maximum atomic E-state index is 5.06. The number of nitrogens with zero attached hydrogens (tertiary/aromatic N) is 3. The average molecular weight is 487 g/mol. The molecule has 0 saturated heterocycles. The van der Waals surface area contributed by atoms with Crippen LogP contribution in [0.5, 0.6) is 0 Å². The van der Waals surface area contributed by atoms with Crippen molar-refractivity contribution in [3.05, 3.63) is 81.0 Å². The minimum Gasteiger partial charge on any atom is -0.372 e. The van der Waals surface area contributed by atoms with E-state index < -0.39 is 0 Å². The summed E-state index contributed by atoms with van der Waals surface area (Å²) in [6.45, 7) is 9.25.